The van der Waals surface area contributed by atoms with Crippen molar-refractivity contribution in [3.63, 3.8) is 0 Å². The van der Waals surface area contributed by atoms with Gasteiger partial charge in [-0.2, -0.15) is 0 Å². The fraction of sp³-hybridized carbons (Fsp3) is 0.0714. The van der Waals surface area contributed by atoms with Crippen molar-refractivity contribution in [3.05, 3.63) is 57.8 Å². The number of fused-ring (bicyclic) bond motifs is 1. The van der Waals surface area contributed by atoms with Crippen LogP contribution in [0.4, 0.5) is 0 Å². The average Bonchev–Trinajstić information content (AvgIpc) is 2.80. The second kappa shape index (κ2) is 4.41. The Balaban J connectivity index is 2.19. The molecule has 3 rings (SSSR count). The van der Waals surface area contributed by atoms with Crippen molar-refractivity contribution in [1.82, 2.24) is 9.38 Å². The molecular weight excluding hydrogens is 312 g/mol. The summed E-state index contributed by atoms with van der Waals surface area (Å²) < 4.78 is 3.16. The summed E-state index contributed by atoms with van der Waals surface area (Å²) in [6.07, 6.45) is 2.04. The second-order valence-corrected chi connectivity index (χ2v) is 5.42. The molecule has 1 aromatic carbocycles. The van der Waals surface area contributed by atoms with E-state index in [1.165, 1.54) is 0 Å². The van der Waals surface area contributed by atoms with E-state index in [0.717, 1.165) is 32.1 Å². The lowest BCUT2D eigenvalue weighted by molar-refractivity contribution is 1.08. The number of imidazole rings is 1. The molecule has 90 valence electrons. The maximum atomic E-state index is 5.89. The summed E-state index contributed by atoms with van der Waals surface area (Å²) in [5.74, 6) is 0. The largest absolute Gasteiger partial charge is 0.303 e. The molecule has 4 heteroatoms. The first kappa shape index (κ1) is 11.8. The highest BCUT2D eigenvalue weighted by Gasteiger charge is 2.07. The van der Waals surface area contributed by atoms with Crippen molar-refractivity contribution in [1.29, 1.82) is 0 Å². The fourth-order valence-electron chi connectivity index (χ4n) is 1.92. The van der Waals surface area contributed by atoms with Crippen molar-refractivity contribution in [3.8, 4) is 11.3 Å². The van der Waals surface area contributed by atoms with Crippen LogP contribution in [0.15, 0.2) is 47.1 Å². The first-order chi connectivity index (χ1) is 8.65. The molecule has 0 unspecified atom stereocenters. The highest BCUT2D eigenvalue weighted by atomic mass is 79.9. The van der Waals surface area contributed by atoms with Crippen LogP contribution in [0.2, 0.25) is 5.02 Å². The number of benzene rings is 1. The lowest BCUT2D eigenvalue weighted by Crippen LogP contribution is -1.89. The SMILES string of the molecule is Cc1c(Br)ccc2nc(-c3ccc(Cl)cc3)cn12. The minimum Gasteiger partial charge on any atom is -0.303 e. The zero-order valence-corrected chi connectivity index (χ0v) is 12.0. The van der Waals surface area contributed by atoms with Crippen LogP contribution in [-0.2, 0) is 0 Å². The van der Waals surface area contributed by atoms with Crippen molar-refractivity contribution < 1.29 is 0 Å². The van der Waals surface area contributed by atoms with Gasteiger partial charge in [-0.3, -0.25) is 0 Å². The Morgan fingerprint density at radius 1 is 1.11 bits per heavy atom. The number of hydrogen-bond donors (Lipinski definition) is 0. The number of hydrogen-bond acceptors (Lipinski definition) is 1. The van der Waals surface area contributed by atoms with Crippen LogP contribution in [0.25, 0.3) is 16.9 Å². The van der Waals surface area contributed by atoms with Gasteiger partial charge in [0.2, 0.25) is 0 Å². The number of aryl methyl sites for hydroxylation is 1. The number of nitrogens with zero attached hydrogens (tertiary/aromatic N) is 2. The molecule has 0 fully saturated rings. The Bertz CT molecular complexity index is 716. The Hall–Kier alpha value is -1.32. The molecule has 0 aliphatic heterocycles. The zero-order chi connectivity index (χ0) is 12.7. The molecule has 0 N–H and O–H groups in total. The first-order valence-electron chi connectivity index (χ1n) is 5.55. The number of rotatable bonds is 1. The predicted octanol–water partition coefficient (Wildman–Crippen LogP) is 4.73. The van der Waals surface area contributed by atoms with Crippen LogP contribution >= 0.6 is 27.5 Å². The van der Waals surface area contributed by atoms with Crippen molar-refractivity contribution in [2.75, 3.05) is 0 Å². The highest BCUT2D eigenvalue weighted by Crippen LogP contribution is 2.24. The molecule has 3 aromatic rings. The molecule has 0 saturated carbocycles. The molecule has 0 radical (unpaired) electrons. The van der Waals surface area contributed by atoms with Crippen molar-refractivity contribution >= 4 is 33.2 Å². The third-order valence-electron chi connectivity index (χ3n) is 2.96. The highest BCUT2D eigenvalue weighted by molar-refractivity contribution is 9.10. The topological polar surface area (TPSA) is 17.3 Å². The molecule has 0 bridgehead atoms. The Kier molecular flexibility index (Phi) is 2.88. The van der Waals surface area contributed by atoms with Gasteiger partial charge in [-0.1, -0.05) is 23.7 Å². The second-order valence-electron chi connectivity index (χ2n) is 4.13. The predicted molar refractivity (Wildman–Crippen MR) is 78.1 cm³/mol. The summed E-state index contributed by atoms with van der Waals surface area (Å²) >= 11 is 9.42. The Labute approximate surface area is 118 Å². The molecule has 0 aliphatic carbocycles. The lowest BCUT2D eigenvalue weighted by atomic mass is 10.2. The quantitative estimate of drug-likeness (QED) is 0.633. The van der Waals surface area contributed by atoms with E-state index in [1.54, 1.807) is 0 Å². The summed E-state index contributed by atoms with van der Waals surface area (Å²) in [4.78, 5) is 4.61. The number of aromatic nitrogens is 2. The first-order valence-corrected chi connectivity index (χ1v) is 6.72. The molecule has 0 saturated heterocycles. The van der Waals surface area contributed by atoms with Gasteiger partial charge in [-0.05, 0) is 47.1 Å². The van der Waals surface area contributed by atoms with Crippen LogP contribution in [0, 0.1) is 6.92 Å². The van der Waals surface area contributed by atoms with E-state index in [0.29, 0.717) is 0 Å². The summed E-state index contributed by atoms with van der Waals surface area (Å²) in [5, 5.41) is 0.737. The summed E-state index contributed by atoms with van der Waals surface area (Å²) in [6, 6.07) is 11.7. The van der Waals surface area contributed by atoms with Crippen molar-refractivity contribution in [2.24, 2.45) is 0 Å². The molecular formula is C14H10BrClN2. The third-order valence-corrected chi connectivity index (χ3v) is 4.05. The van der Waals surface area contributed by atoms with Crippen LogP contribution in [0.1, 0.15) is 5.69 Å². The van der Waals surface area contributed by atoms with E-state index in [1.807, 2.05) is 42.6 Å². The van der Waals surface area contributed by atoms with E-state index in [4.69, 9.17) is 11.6 Å². The summed E-state index contributed by atoms with van der Waals surface area (Å²) in [5.41, 5.74) is 4.10. The summed E-state index contributed by atoms with van der Waals surface area (Å²) in [7, 11) is 0. The minimum atomic E-state index is 0.737. The molecule has 2 heterocycles. The van der Waals surface area contributed by atoms with Gasteiger partial charge in [0.1, 0.15) is 5.65 Å². The molecule has 0 spiro atoms. The third kappa shape index (κ3) is 1.93. The van der Waals surface area contributed by atoms with Crippen LogP contribution < -0.4 is 0 Å². The van der Waals surface area contributed by atoms with Gasteiger partial charge in [0, 0.05) is 26.9 Å². The van der Waals surface area contributed by atoms with E-state index >= 15 is 0 Å². The standard InChI is InChI=1S/C14H10BrClN2/c1-9-12(15)6-7-14-17-13(8-18(9)14)10-2-4-11(16)5-3-10/h2-8H,1H3. The summed E-state index contributed by atoms with van der Waals surface area (Å²) in [6.45, 7) is 2.06. The maximum absolute atomic E-state index is 5.89. The van der Waals surface area contributed by atoms with Crippen LogP contribution in [0.3, 0.4) is 0 Å². The lowest BCUT2D eigenvalue weighted by Gasteiger charge is -2.00. The smallest absolute Gasteiger partial charge is 0.137 e. The molecule has 0 aliphatic rings. The minimum absolute atomic E-state index is 0.737. The van der Waals surface area contributed by atoms with Crippen molar-refractivity contribution in [2.45, 2.75) is 6.92 Å². The van der Waals surface area contributed by atoms with E-state index in [2.05, 4.69) is 32.2 Å². The van der Waals surface area contributed by atoms with Gasteiger partial charge < -0.3 is 4.40 Å². The van der Waals surface area contributed by atoms with Gasteiger partial charge in [0.25, 0.3) is 0 Å². The zero-order valence-electron chi connectivity index (χ0n) is 9.69. The van der Waals surface area contributed by atoms with Crippen LogP contribution in [0.5, 0.6) is 0 Å². The maximum Gasteiger partial charge on any atom is 0.137 e. The number of pyridine rings is 1. The normalized spacial score (nSPS) is 11.1. The van der Waals surface area contributed by atoms with E-state index in [9.17, 15) is 0 Å². The Morgan fingerprint density at radius 2 is 1.83 bits per heavy atom. The molecule has 2 aromatic heterocycles. The van der Waals surface area contributed by atoms with Gasteiger partial charge in [0.15, 0.2) is 0 Å². The molecule has 2 nitrogen and oxygen atoms in total. The number of halogens is 2. The fourth-order valence-corrected chi connectivity index (χ4v) is 2.37. The van der Waals surface area contributed by atoms with Gasteiger partial charge in [-0.15, -0.1) is 0 Å². The molecule has 0 amide bonds. The molecule has 18 heavy (non-hydrogen) atoms. The molecule has 0 atom stereocenters. The van der Waals surface area contributed by atoms with E-state index in [-0.39, 0.29) is 0 Å². The van der Waals surface area contributed by atoms with Gasteiger partial charge in [-0.25, -0.2) is 4.98 Å². The monoisotopic (exact) mass is 320 g/mol. The van der Waals surface area contributed by atoms with Crippen LogP contribution in [-0.4, -0.2) is 9.38 Å². The Morgan fingerprint density at radius 3 is 2.56 bits per heavy atom. The average molecular weight is 322 g/mol. The van der Waals surface area contributed by atoms with Gasteiger partial charge in [0.05, 0.1) is 5.69 Å². The van der Waals surface area contributed by atoms with Gasteiger partial charge >= 0.3 is 0 Å². The van der Waals surface area contributed by atoms with E-state index < -0.39 is 0 Å².